The summed E-state index contributed by atoms with van der Waals surface area (Å²) in [7, 11) is -3.69. The Balaban J connectivity index is 2.26. The first kappa shape index (κ1) is 12.5. The number of anilines is 1. The number of nitrogens with two attached hydrogens (primary N) is 1. The topological polar surface area (TPSA) is 111 Å². The summed E-state index contributed by atoms with van der Waals surface area (Å²) in [4.78, 5) is 3.80. The van der Waals surface area contributed by atoms with Gasteiger partial charge in [-0.2, -0.15) is 4.98 Å². The van der Waals surface area contributed by atoms with Crippen molar-refractivity contribution in [3.05, 3.63) is 36.0 Å². The SMILES string of the molecule is Cc1cccc(N)c1S(=O)(=O)NCc1ncon1. The fraction of sp³-hybridized carbons (Fsp3) is 0.200. The number of aryl methyl sites for hydroxylation is 1. The van der Waals surface area contributed by atoms with Crippen LogP contribution in [-0.4, -0.2) is 18.6 Å². The molecule has 0 aliphatic rings. The number of aromatic nitrogens is 2. The molecule has 0 spiro atoms. The minimum Gasteiger partial charge on any atom is -0.398 e. The van der Waals surface area contributed by atoms with Gasteiger partial charge in [0.25, 0.3) is 0 Å². The summed E-state index contributed by atoms with van der Waals surface area (Å²) >= 11 is 0. The molecule has 0 saturated carbocycles. The van der Waals surface area contributed by atoms with E-state index in [1.165, 1.54) is 6.07 Å². The molecule has 0 amide bonds. The Bertz CT molecular complexity index is 617. The van der Waals surface area contributed by atoms with Gasteiger partial charge in [0.1, 0.15) is 4.90 Å². The molecule has 0 unspecified atom stereocenters. The molecule has 1 aromatic carbocycles. The molecule has 96 valence electrons. The van der Waals surface area contributed by atoms with Gasteiger partial charge in [-0.25, -0.2) is 13.1 Å². The molecule has 0 atom stereocenters. The van der Waals surface area contributed by atoms with Crippen molar-refractivity contribution in [2.24, 2.45) is 0 Å². The first-order valence-electron chi connectivity index (χ1n) is 5.11. The van der Waals surface area contributed by atoms with Gasteiger partial charge in [0.15, 0.2) is 5.82 Å². The van der Waals surface area contributed by atoms with Crippen molar-refractivity contribution in [2.75, 3.05) is 5.73 Å². The van der Waals surface area contributed by atoms with Crippen molar-refractivity contribution in [1.82, 2.24) is 14.9 Å². The molecular weight excluding hydrogens is 256 g/mol. The van der Waals surface area contributed by atoms with E-state index in [-0.39, 0.29) is 23.0 Å². The highest BCUT2D eigenvalue weighted by Crippen LogP contribution is 2.21. The minimum atomic E-state index is -3.69. The van der Waals surface area contributed by atoms with E-state index < -0.39 is 10.0 Å². The lowest BCUT2D eigenvalue weighted by Gasteiger charge is -2.10. The van der Waals surface area contributed by atoms with Gasteiger partial charge < -0.3 is 10.3 Å². The normalized spacial score (nSPS) is 11.6. The third-order valence-corrected chi connectivity index (χ3v) is 3.96. The highest BCUT2D eigenvalue weighted by Gasteiger charge is 2.20. The Morgan fingerprint density at radius 3 is 2.83 bits per heavy atom. The zero-order valence-corrected chi connectivity index (χ0v) is 10.4. The van der Waals surface area contributed by atoms with Crippen molar-refractivity contribution < 1.29 is 12.9 Å². The molecule has 0 fully saturated rings. The number of sulfonamides is 1. The molecule has 7 nitrogen and oxygen atoms in total. The van der Waals surface area contributed by atoms with Gasteiger partial charge >= 0.3 is 0 Å². The Hall–Kier alpha value is -1.93. The molecule has 0 saturated heterocycles. The number of benzene rings is 1. The molecule has 0 aliphatic carbocycles. The molecule has 8 heteroatoms. The van der Waals surface area contributed by atoms with Crippen LogP contribution in [0.15, 0.2) is 34.0 Å². The largest absolute Gasteiger partial charge is 0.398 e. The zero-order valence-electron chi connectivity index (χ0n) is 9.62. The fourth-order valence-corrected chi connectivity index (χ4v) is 2.88. The van der Waals surface area contributed by atoms with Crippen molar-refractivity contribution in [3.8, 4) is 0 Å². The molecule has 2 aromatic rings. The second-order valence-corrected chi connectivity index (χ2v) is 5.37. The average molecular weight is 268 g/mol. The van der Waals surface area contributed by atoms with E-state index in [9.17, 15) is 8.42 Å². The number of nitrogens with zero attached hydrogens (tertiary/aromatic N) is 2. The first-order chi connectivity index (χ1) is 8.50. The lowest BCUT2D eigenvalue weighted by Crippen LogP contribution is -2.25. The molecule has 0 radical (unpaired) electrons. The van der Waals surface area contributed by atoms with Crippen LogP contribution < -0.4 is 10.5 Å². The number of hydrogen-bond acceptors (Lipinski definition) is 6. The van der Waals surface area contributed by atoms with Crippen LogP contribution in [0.4, 0.5) is 5.69 Å². The molecule has 18 heavy (non-hydrogen) atoms. The lowest BCUT2D eigenvalue weighted by molar-refractivity contribution is 0.409. The average Bonchev–Trinajstić information content (AvgIpc) is 2.78. The van der Waals surface area contributed by atoms with Gasteiger partial charge in [-0.05, 0) is 18.6 Å². The monoisotopic (exact) mass is 268 g/mol. The van der Waals surface area contributed by atoms with Gasteiger partial charge in [0.2, 0.25) is 16.4 Å². The van der Waals surface area contributed by atoms with Gasteiger partial charge in [-0.3, -0.25) is 0 Å². The van der Waals surface area contributed by atoms with Gasteiger partial charge in [0.05, 0.1) is 12.2 Å². The summed E-state index contributed by atoms with van der Waals surface area (Å²) in [6, 6.07) is 4.91. The van der Waals surface area contributed by atoms with Crippen molar-refractivity contribution in [1.29, 1.82) is 0 Å². The van der Waals surface area contributed by atoms with Gasteiger partial charge in [0, 0.05) is 0 Å². The molecule has 0 aliphatic heterocycles. The predicted molar refractivity (Wildman–Crippen MR) is 63.9 cm³/mol. The number of hydrogen-bond donors (Lipinski definition) is 2. The number of nitrogens with one attached hydrogen (secondary N) is 1. The van der Waals surface area contributed by atoms with Crippen LogP contribution >= 0.6 is 0 Å². The van der Waals surface area contributed by atoms with Crippen molar-refractivity contribution >= 4 is 15.7 Å². The highest BCUT2D eigenvalue weighted by atomic mass is 32.2. The smallest absolute Gasteiger partial charge is 0.243 e. The minimum absolute atomic E-state index is 0.0490. The Morgan fingerprint density at radius 2 is 2.22 bits per heavy atom. The molecule has 1 heterocycles. The number of rotatable bonds is 4. The second kappa shape index (κ2) is 4.75. The Labute approximate surface area is 104 Å². The summed E-state index contributed by atoms with van der Waals surface area (Å²) < 4.78 is 31.1. The molecule has 0 bridgehead atoms. The Morgan fingerprint density at radius 1 is 1.44 bits per heavy atom. The first-order valence-corrected chi connectivity index (χ1v) is 6.59. The van der Waals surface area contributed by atoms with Crippen LogP contribution in [0.2, 0.25) is 0 Å². The highest BCUT2D eigenvalue weighted by molar-refractivity contribution is 7.89. The van der Waals surface area contributed by atoms with E-state index in [1.54, 1.807) is 19.1 Å². The summed E-state index contributed by atoms with van der Waals surface area (Å²) in [6.07, 6.45) is 1.13. The maximum absolute atomic E-state index is 12.1. The third kappa shape index (κ3) is 2.49. The van der Waals surface area contributed by atoms with E-state index in [0.29, 0.717) is 5.56 Å². The maximum Gasteiger partial charge on any atom is 0.243 e. The third-order valence-electron chi connectivity index (χ3n) is 2.34. The second-order valence-electron chi connectivity index (χ2n) is 3.67. The van der Waals surface area contributed by atoms with Crippen LogP contribution in [0.3, 0.4) is 0 Å². The number of nitrogen functional groups attached to an aromatic ring is 1. The van der Waals surface area contributed by atoms with Gasteiger partial charge in [-0.1, -0.05) is 17.3 Å². The Kier molecular flexibility index (Phi) is 3.30. The van der Waals surface area contributed by atoms with Crippen LogP contribution in [0.1, 0.15) is 11.4 Å². The summed E-state index contributed by atoms with van der Waals surface area (Å²) in [5, 5.41) is 3.51. The summed E-state index contributed by atoms with van der Waals surface area (Å²) in [5.41, 5.74) is 6.47. The van der Waals surface area contributed by atoms with E-state index in [4.69, 9.17) is 5.73 Å². The van der Waals surface area contributed by atoms with E-state index in [0.717, 1.165) is 6.39 Å². The molecule has 2 rings (SSSR count). The predicted octanol–water partition coefficient (Wildman–Crippen LogP) is 0.439. The van der Waals surface area contributed by atoms with Crippen LogP contribution in [0, 0.1) is 6.92 Å². The molecule has 3 N–H and O–H groups in total. The van der Waals surface area contributed by atoms with Crippen LogP contribution in [-0.2, 0) is 16.6 Å². The van der Waals surface area contributed by atoms with Crippen LogP contribution in [0.5, 0.6) is 0 Å². The zero-order chi connectivity index (χ0) is 13.2. The standard InChI is InChI=1S/C10H12N4O3S/c1-7-3-2-4-8(11)10(7)18(15,16)13-5-9-12-6-17-14-9/h2-4,6,13H,5,11H2,1H3. The van der Waals surface area contributed by atoms with Gasteiger partial charge in [-0.15, -0.1) is 0 Å². The van der Waals surface area contributed by atoms with Crippen molar-refractivity contribution in [2.45, 2.75) is 18.4 Å². The summed E-state index contributed by atoms with van der Waals surface area (Å²) in [6.45, 7) is 1.63. The van der Waals surface area contributed by atoms with Crippen molar-refractivity contribution in [3.63, 3.8) is 0 Å². The van der Waals surface area contributed by atoms with Crippen LogP contribution in [0.25, 0.3) is 0 Å². The molecular formula is C10H12N4O3S. The summed E-state index contributed by atoms with van der Waals surface area (Å²) in [5.74, 6) is 0.255. The molecule has 1 aromatic heterocycles. The van der Waals surface area contributed by atoms with E-state index in [2.05, 4.69) is 19.4 Å². The quantitative estimate of drug-likeness (QED) is 0.778. The lowest BCUT2D eigenvalue weighted by atomic mass is 10.2. The fourth-order valence-electron chi connectivity index (χ4n) is 1.54. The van der Waals surface area contributed by atoms with E-state index >= 15 is 0 Å². The maximum atomic E-state index is 12.1. The van der Waals surface area contributed by atoms with E-state index in [1.807, 2.05) is 0 Å².